The molecule has 0 aliphatic heterocycles. The lowest BCUT2D eigenvalue weighted by molar-refractivity contribution is 0.876. The zero-order valence-corrected chi connectivity index (χ0v) is 31.6. The first-order valence-corrected chi connectivity index (χ1v) is 22.8. The summed E-state index contributed by atoms with van der Waals surface area (Å²) in [5.74, 6) is 0.809. The molecule has 228 valence electrons. The van der Waals surface area contributed by atoms with Gasteiger partial charge in [-0.3, -0.25) is 0 Å². The maximum absolute atomic E-state index is 3.97. The molecular weight excluding hydrogens is 593 g/mol. The third-order valence-corrected chi connectivity index (χ3v) is 13.0. The molecule has 0 bridgehead atoms. The SMILES string of the molecule is C[Si]c1cc(C)cc(Nc2cc(C(C)C)c3ccc4c(Nc5cc([Si](C)C)cc([Si](C)C)c5)cc(C(C)C)c5ccc2c3c45)c1. The van der Waals surface area contributed by atoms with Crippen molar-refractivity contribution in [3.8, 4) is 0 Å². The Labute approximate surface area is 276 Å². The zero-order valence-electron chi connectivity index (χ0n) is 28.6. The highest BCUT2D eigenvalue weighted by Gasteiger charge is 2.21. The van der Waals surface area contributed by atoms with E-state index < -0.39 is 17.6 Å². The van der Waals surface area contributed by atoms with Crippen molar-refractivity contribution < 1.29 is 0 Å². The quantitative estimate of drug-likeness (QED) is 0.122. The van der Waals surface area contributed by atoms with Crippen LogP contribution in [0.15, 0.2) is 72.8 Å². The normalized spacial score (nSPS) is 12.2. The molecule has 0 unspecified atom stereocenters. The summed E-state index contributed by atoms with van der Waals surface area (Å²) in [6.45, 7) is 23.4. The molecule has 5 heteroatoms. The number of benzene rings is 6. The second kappa shape index (κ2) is 12.4. The van der Waals surface area contributed by atoms with Crippen LogP contribution in [0.1, 0.15) is 56.2 Å². The number of hydrogen-bond acceptors (Lipinski definition) is 2. The van der Waals surface area contributed by atoms with Crippen LogP contribution in [0.4, 0.5) is 22.7 Å². The average Bonchev–Trinajstić information content (AvgIpc) is 3.00. The smallest absolute Gasteiger partial charge is 0.0792 e. The second-order valence-electron chi connectivity index (χ2n) is 13.8. The van der Waals surface area contributed by atoms with Crippen LogP contribution in [-0.2, 0) is 0 Å². The summed E-state index contributed by atoms with van der Waals surface area (Å²) in [6, 6.07) is 28.5. The lowest BCUT2D eigenvalue weighted by atomic mass is 9.84. The minimum atomic E-state index is -0.565. The van der Waals surface area contributed by atoms with Crippen LogP contribution in [0.3, 0.4) is 0 Å². The third kappa shape index (κ3) is 5.98. The van der Waals surface area contributed by atoms with Gasteiger partial charge < -0.3 is 10.6 Å². The maximum atomic E-state index is 3.97. The van der Waals surface area contributed by atoms with E-state index in [9.17, 15) is 0 Å². The number of nitrogens with one attached hydrogen (secondary N) is 2. The van der Waals surface area contributed by atoms with E-state index in [2.05, 4.69) is 151 Å². The Bertz CT molecular complexity index is 2000. The van der Waals surface area contributed by atoms with E-state index in [1.54, 1.807) is 0 Å². The van der Waals surface area contributed by atoms with E-state index in [4.69, 9.17) is 0 Å². The van der Waals surface area contributed by atoms with Crippen molar-refractivity contribution in [3.63, 3.8) is 0 Å². The molecule has 2 nitrogen and oxygen atoms in total. The van der Waals surface area contributed by atoms with Crippen LogP contribution in [-0.4, -0.2) is 27.1 Å². The number of anilines is 4. The van der Waals surface area contributed by atoms with Gasteiger partial charge in [0.15, 0.2) is 0 Å². The van der Waals surface area contributed by atoms with Gasteiger partial charge in [-0.25, -0.2) is 0 Å². The molecule has 6 aromatic rings. The minimum Gasteiger partial charge on any atom is -0.355 e. The fraction of sp³-hybridized carbons (Fsp3) is 0.300. The molecule has 45 heavy (non-hydrogen) atoms. The molecule has 0 saturated carbocycles. The predicted octanol–water partition coefficient (Wildman–Crippen LogP) is 9.93. The van der Waals surface area contributed by atoms with Gasteiger partial charge in [-0.1, -0.05) is 112 Å². The molecule has 0 aliphatic rings. The lowest BCUT2D eigenvalue weighted by Gasteiger charge is -2.24. The van der Waals surface area contributed by atoms with Gasteiger partial charge in [0.2, 0.25) is 0 Å². The predicted molar refractivity (Wildman–Crippen MR) is 208 cm³/mol. The van der Waals surface area contributed by atoms with Crippen molar-refractivity contribution in [2.24, 2.45) is 0 Å². The largest absolute Gasteiger partial charge is 0.355 e. The fourth-order valence-electron chi connectivity index (χ4n) is 6.80. The Hall–Kier alpha value is -3.39. The zero-order chi connectivity index (χ0) is 32.2. The van der Waals surface area contributed by atoms with Crippen LogP contribution < -0.4 is 26.2 Å². The summed E-state index contributed by atoms with van der Waals surface area (Å²) in [5.41, 5.74) is 8.90. The molecule has 0 aliphatic carbocycles. The van der Waals surface area contributed by atoms with Gasteiger partial charge in [0, 0.05) is 33.5 Å². The Morgan fingerprint density at radius 1 is 0.556 bits per heavy atom. The van der Waals surface area contributed by atoms with E-state index >= 15 is 0 Å². The molecule has 0 spiro atoms. The lowest BCUT2D eigenvalue weighted by Crippen LogP contribution is -2.32. The van der Waals surface area contributed by atoms with E-state index in [0.29, 0.717) is 11.8 Å². The van der Waals surface area contributed by atoms with Gasteiger partial charge in [-0.2, -0.15) is 0 Å². The molecule has 0 amide bonds. The van der Waals surface area contributed by atoms with Crippen molar-refractivity contribution in [2.75, 3.05) is 10.6 Å². The monoisotopic (exact) mass is 638 g/mol. The molecule has 0 fully saturated rings. The van der Waals surface area contributed by atoms with Crippen LogP contribution >= 0.6 is 0 Å². The first-order chi connectivity index (χ1) is 21.4. The van der Waals surface area contributed by atoms with Gasteiger partial charge in [0.25, 0.3) is 0 Å². The molecule has 0 heterocycles. The average molecular weight is 639 g/mol. The third-order valence-electron chi connectivity index (χ3n) is 9.22. The Morgan fingerprint density at radius 3 is 1.42 bits per heavy atom. The van der Waals surface area contributed by atoms with E-state index in [-0.39, 0.29) is 0 Å². The molecule has 0 saturated heterocycles. The van der Waals surface area contributed by atoms with Crippen molar-refractivity contribution in [2.45, 2.75) is 79.2 Å². The number of aryl methyl sites for hydroxylation is 1. The summed E-state index contributed by atoms with van der Waals surface area (Å²) in [5, 5.41) is 20.4. The summed E-state index contributed by atoms with van der Waals surface area (Å²) >= 11 is 0. The second-order valence-corrected chi connectivity index (χ2v) is 20.0. The van der Waals surface area contributed by atoms with E-state index in [1.807, 2.05) is 0 Å². The van der Waals surface area contributed by atoms with Crippen LogP contribution in [0.5, 0.6) is 0 Å². The highest BCUT2D eigenvalue weighted by Crippen LogP contribution is 2.46. The summed E-state index contributed by atoms with van der Waals surface area (Å²) in [6.07, 6.45) is 0. The van der Waals surface area contributed by atoms with Crippen LogP contribution in [0, 0.1) is 6.92 Å². The van der Waals surface area contributed by atoms with Gasteiger partial charge in [0.05, 0.1) is 27.1 Å². The molecule has 2 N–H and O–H groups in total. The first-order valence-electron chi connectivity index (χ1n) is 16.3. The molecule has 0 aromatic heterocycles. The van der Waals surface area contributed by atoms with Crippen molar-refractivity contribution >= 4 is 97.7 Å². The molecule has 6 rings (SSSR count). The van der Waals surface area contributed by atoms with E-state index in [1.165, 1.54) is 87.3 Å². The molecular formula is C40H46N2Si3. The van der Waals surface area contributed by atoms with Crippen molar-refractivity contribution in [3.05, 3.63) is 89.5 Å². The Morgan fingerprint density at radius 2 is 1.00 bits per heavy atom. The van der Waals surface area contributed by atoms with Gasteiger partial charge in [-0.05, 0) is 93.4 Å². The first kappa shape index (κ1) is 31.6. The molecule has 4 radical (unpaired) electrons. The number of hydrogen-bond donors (Lipinski definition) is 2. The highest BCUT2D eigenvalue weighted by molar-refractivity contribution is 6.74. The van der Waals surface area contributed by atoms with E-state index in [0.717, 1.165) is 9.52 Å². The summed E-state index contributed by atoms with van der Waals surface area (Å²) in [4.78, 5) is 0. The van der Waals surface area contributed by atoms with Crippen molar-refractivity contribution in [1.29, 1.82) is 0 Å². The standard InChI is InChI=1S/C40H46N2Si3/c1-23(2)35-21-37(41-26-15-25(5)16-28(17-26)43-6)33-13-11-32-36(24(3)4)22-38(34-14-12-31(35)39(33)40(32)34)42-27-18-29(44(7)8)20-30(19-27)45(9)10/h11-24,41-42H,1-10H3. The topological polar surface area (TPSA) is 24.1 Å². The highest BCUT2D eigenvalue weighted by atomic mass is 28.3. The van der Waals surface area contributed by atoms with Gasteiger partial charge >= 0.3 is 0 Å². The fourth-order valence-corrected chi connectivity index (χ4v) is 9.39. The summed E-state index contributed by atoms with van der Waals surface area (Å²) in [7, 11) is -0.355. The van der Waals surface area contributed by atoms with Gasteiger partial charge in [-0.15, -0.1) is 0 Å². The Kier molecular flexibility index (Phi) is 8.72. The molecule has 6 aromatic carbocycles. The molecule has 0 atom stereocenters. The van der Waals surface area contributed by atoms with Crippen LogP contribution in [0.2, 0.25) is 32.7 Å². The summed E-state index contributed by atoms with van der Waals surface area (Å²) < 4.78 is 0. The Balaban J connectivity index is 1.63. The van der Waals surface area contributed by atoms with Gasteiger partial charge in [0.1, 0.15) is 0 Å². The van der Waals surface area contributed by atoms with Crippen molar-refractivity contribution in [1.82, 2.24) is 0 Å². The maximum Gasteiger partial charge on any atom is 0.0792 e. The number of rotatable bonds is 9. The minimum absolute atomic E-state index is 0.404. The van der Waals surface area contributed by atoms with Crippen LogP contribution in [0.25, 0.3) is 32.3 Å².